The number of hydrogen-bond acceptors (Lipinski definition) is 4. The molecule has 3 aromatic rings. The van der Waals surface area contributed by atoms with Gasteiger partial charge in [0.25, 0.3) is 10.0 Å². The standard InChI is InChI=1S/C18H15ClN2O4S/c19-15-7-9-16(10-8-15)26(24,25)21-13-12-20(18(21)23)17(22)11-6-14-4-2-1-3-5-14/h1-5,7-10,12-13H,6,11H2. The van der Waals surface area contributed by atoms with Crippen LogP contribution in [0.1, 0.15) is 16.8 Å². The molecule has 0 unspecified atom stereocenters. The average Bonchev–Trinajstić information content (AvgIpc) is 3.03. The molecule has 0 aliphatic heterocycles. The van der Waals surface area contributed by atoms with Crippen molar-refractivity contribution in [3.8, 4) is 0 Å². The summed E-state index contributed by atoms with van der Waals surface area (Å²) in [4.78, 5) is 24.6. The summed E-state index contributed by atoms with van der Waals surface area (Å²) in [6.45, 7) is 0. The molecule has 0 aliphatic rings. The number of imidazole rings is 1. The van der Waals surface area contributed by atoms with Crippen molar-refractivity contribution < 1.29 is 13.2 Å². The van der Waals surface area contributed by atoms with Gasteiger partial charge in [-0.2, -0.15) is 3.97 Å². The van der Waals surface area contributed by atoms with Gasteiger partial charge < -0.3 is 0 Å². The van der Waals surface area contributed by atoms with Gasteiger partial charge in [-0.05, 0) is 36.2 Å². The first-order valence-electron chi connectivity index (χ1n) is 7.78. The van der Waals surface area contributed by atoms with Crippen LogP contribution in [0.25, 0.3) is 0 Å². The number of nitrogens with zero attached hydrogens (tertiary/aromatic N) is 2. The van der Waals surface area contributed by atoms with Crippen molar-refractivity contribution in [2.75, 3.05) is 0 Å². The zero-order valence-electron chi connectivity index (χ0n) is 13.6. The highest BCUT2D eigenvalue weighted by atomic mass is 35.5. The first kappa shape index (κ1) is 18.2. The molecule has 0 fully saturated rings. The van der Waals surface area contributed by atoms with Gasteiger partial charge in [-0.1, -0.05) is 41.9 Å². The quantitative estimate of drug-likeness (QED) is 0.671. The lowest BCUT2D eigenvalue weighted by Gasteiger charge is -2.05. The molecule has 26 heavy (non-hydrogen) atoms. The highest BCUT2D eigenvalue weighted by molar-refractivity contribution is 7.90. The van der Waals surface area contributed by atoms with E-state index in [1.54, 1.807) is 0 Å². The van der Waals surface area contributed by atoms with Crippen LogP contribution < -0.4 is 5.69 Å². The summed E-state index contributed by atoms with van der Waals surface area (Å²) in [5, 5.41) is 0.380. The van der Waals surface area contributed by atoms with Crippen molar-refractivity contribution in [2.45, 2.75) is 17.7 Å². The molecule has 0 aliphatic carbocycles. The zero-order chi connectivity index (χ0) is 18.7. The molecular formula is C18H15ClN2O4S. The molecule has 8 heteroatoms. The SMILES string of the molecule is O=C(CCc1ccccc1)n1ccn(S(=O)(=O)c2ccc(Cl)cc2)c1=O. The Hall–Kier alpha value is -2.64. The molecule has 1 heterocycles. The molecule has 0 amide bonds. The van der Waals surface area contributed by atoms with Gasteiger partial charge in [0.2, 0.25) is 5.91 Å². The first-order chi connectivity index (χ1) is 12.4. The maximum atomic E-state index is 12.6. The fourth-order valence-electron chi connectivity index (χ4n) is 2.47. The van der Waals surface area contributed by atoms with E-state index in [9.17, 15) is 18.0 Å². The summed E-state index contributed by atoms with van der Waals surface area (Å²) < 4.78 is 26.5. The van der Waals surface area contributed by atoms with Crippen LogP contribution >= 0.6 is 11.6 Å². The predicted molar refractivity (Wildman–Crippen MR) is 98.1 cm³/mol. The van der Waals surface area contributed by atoms with Crippen molar-refractivity contribution in [1.82, 2.24) is 8.54 Å². The molecule has 0 atom stereocenters. The summed E-state index contributed by atoms with van der Waals surface area (Å²) >= 11 is 5.76. The predicted octanol–water partition coefficient (Wildman–Crippen LogP) is 2.81. The van der Waals surface area contributed by atoms with Crippen molar-refractivity contribution in [3.63, 3.8) is 0 Å². The minimum Gasteiger partial charge on any atom is -0.274 e. The van der Waals surface area contributed by atoms with E-state index in [4.69, 9.17) is 11.6 Å². The van der Waals surface area contributed by atoms with Gasteiger partial charge in [-0.25, -0.2) is 17.8 Å². The zero-order valence-corrected chi connectivity index (χ0v) is 15.2. The van der Waals surface area contributed by atoms with E-state index in [1.165, 1.54) is 30.5 Å². The number of halogens is 1. The van der Waals surface area contributed by atoms with E-state index in [2.05, 4.69) is 0 Å². The Balaban J connectivity index is 1.84. The molecule has 0 saturated heterocycles. The highest BCUT2D eigenvalue weighted by Gasteiger charge is 2.22. The first-order valence-corrected chi connectivity index (χ1v) is 9.59. The fourth-order valence-corrected chi connectivity index (χ4v) is 3.81. The van der Waals surface area contributed by atoms with Crippen molar-refractivity contribution in [1.29, 1.82) is 0 Å². The van der Waals surface area contributed by atoms with E-state index in [0.717, 1.165) is 16.3 Å². The highest BCUT2D eigenvalue weighted by Crippen LogP contribution is 2.16. The van der Waals surface area contributed by atoms with Crippen LogP contribution in [0, 0.1) is 0 Å². The lowest BCUT2D eigenvalue weighted by Crippen LogP contribution is -2.32. The third-order valence-electron chi connectivity index (χ3n) is 3.86. The summed E-state index contributed by atoms with van der Waals surface area (Å²) in [5.74, 6) is -0.469. The Bertz CT molecular complexity index is 1080. The number of benzene rings is 2. The van der Waals surface area contributed by atoms with Crippen LogP contribution in [0.4, 0.5) is 0 Å². The topological polar surface area (TPSA) is 78.1 Å². The molecule has 134 valence electrons. The maximum absolute atomic E-state index is 12.6. The average molecular weight is 391 g/mol. The number of rotatable bonds is 5. The number of carbonyl (C=O) groups excluding carboxylic acids is 1. The molecule has 0 N–H and O–H groups in total. The second-order valence-corrected chi connectivity index (χ2v) is 7.84. The van der Waals surface area contributed by atoms with Crippen LogP contribution in [0.15, 0.2) is 76.7 Å². The third kappa shape index (κ3) is 3.63. The van der Waals surface area contributed by atoms with Gasteiger partial charge in [-0.15, -0.1) is 0 Å². The Kier molecular flexibility index (Phi) is 5.11. The third-order valence-corrected chi connectivity index (χ3v) is 5.77. The summed E-state index contributed by atoms with van der Waals surface area (Å²) in [5.41, 5.74) is 0.0418. The molecule has 0 radical (unpaired) electrons. The van der Waals surface area contributed by atoms with E-state index >= 15 is 0 Å². The fraction of sp³-hybridized carbons (Fsp3) is 0.111. The van der Waals surface area contributed by atoms with E-state index in [1.807, 2.05) is 30.3 Å². The second kappa shape index (κ2) is 7.31. The van der Waals surface area contributed by atoms with Gasteiger partial charge in [0.15, 0.2) is 0 Å². The van der Waals surface area contributed by atoms with Gasteiger partial charge in [-0.3, -0.25) is 4.79 Å². The van der Waals surface area contributed by atoms with Crippen molar-refractivity contribution >= 4 is 27.5 Å². The molecule has 6 nitrogen and oxygen atoms in total. The molecule has 3 rings (SSSR count). The van der Waals surface area contributed by atoms with Gasteiger partial charge in [0, 0.05) is 23.8 Å². The Morgan fingerprint density at radius 3 is 2.27 bits per heavy atom. The second-order valence-electron chi connectivity index (χ2n) is 5.58. The van der Waals surface area contributed by atoms with Crippen LogP contribution in [0.5, 0.6) is 0 Å². The van der Waals surface area contributed by atoms with E-state index in [0.29, 0.717) is 15.4 Å². The summed E-state index contributed by atoms with van der Waals surface area (Å²) in [6, 6.07) is 14.8. The molecule has 0 bridgehead atoms. The number of aromatic nitrogens is 2. The summed E-state index contributed by atoms with van der Waals surface area (Å²) in [6.07, 6.45) is 2.80. The van der Waals surface area contributed by atoms with Crippen LogP contribution in [0.2, 0.25) is 5.02 Å². The van der Waals surface area contributed by atoms with Gasteiger partial charge in [0.05, 0.1) is 4.90 Å². The van der Waals surface area contributed by atoms with Crippen LogP contribution in [-0.2, 0) is 16.4 Å². The van der Waals surface area contributed by atoms with Crippen molar-refractivity contribution in [3.05, 3.63) is 88.1 Å². The molecule has 0 saturated carbocycles. The molecule has 2 aromatic carbocycles. The lowest BCUT2D eigenvalue weighted by molar-refractivity contribution is 0.0899. The lowest BCUT2D eigenvalue weighted by atomic mass is 10.1. The molecular weight excluding hydrogens is 376 g/mol. The minimum absolute atomic E-state index is 0.0847. The Morgan fingerprint density at radius 1 is 0.962 bits per heavy atom. The number of hydrogen-bond donors (Lipinski definition) is 0. The van der Waals surface area contributed by atoms with E-state index in [-0.39, 0.29) is 11.3 Å². The van der Waals surface area contributed by atoms with Crippen LogP contribution in [0.3, 0.4) is 0 Å². The molecule has 1 aromatic heterocycles. The molecule has 0 spiro atoms. The maximum Gasteiger partial charge on any atom is 0.349 e. The summed E-state index contributed by atoms with van der Waals surface area (Å²) in [7, 11) is -4.09. The largest absolute Gasteiger partial charge is 0.349 e. The van der Waals surface area contributed by atoms with Gasteiger partial charge >= 0.3 is 5.69 Å². The van der Waals surface area contributed by atoms with Crippen LogP contribution in [-0.4, -0.2) is 22.9 Å². The smallest absolute Gasteiger partial charge is 0.274 e. The number of aryl methyl sites for hydroxylation is 1. The van der Waals surface area contributed by atoms with Gasteiger partial charge in [0.1, 0.15) is 0 Å². The van der Waals surface area contributed by atoms with Crippen molar-refractivity contribution in [2.24, 2.45) is 0 Å². The Labute approximate surface area is 155 Å². The normalized spacial score (nSPS) is 11.4. The van der Waals surface area contributed by atoms with E-state index < -0.39 is 21.6 Å². The Morgan fingerprint density at radius 2 is 1.62 bits per heavy atom. The number of carbonyl (C=O) groups is 1. The minimum atomic E-state index is -4.09. The monoisotopic (exact) mass is 390 g/mol.